The average Bonchev–Trinajstić information content (AvgIpc) is 3.21. The topological polar surface area (TPSA) is 55.6 Å². The smallest absolute Gasteiger partial charge is 0.248 e. The summed E-state index contributed by atoms with van der Waals surface area (Å²) < 4.78 is 5.79. The van der Waals surface area contributed by atoms with Gasteiger partial charge in [-0.1, -0.05) is 18.2 Å². The Balaban J connectivity index is 1.67. The fourth-order valence-corrected chi connectivity index (χ4v) is 3.66. The van der Waals surface area contributed by atoms with Crippen LogP contribution in [0.15, 0.2) is 41.8 Å². The predicted octanol–water partition coefficient (Wildman–Crippen LogP) is 3.03. The van der Waals surface area contributed by atoms with Crippen molar-refractivity contribution >= 4 is 17.2 Å². The highest BCUT2D eigenvalue weighted by Gasteiger charge is 2.20. The van der Waals surface area contributed by atoms with Gasteiger partial charge >= 0.3 is 0 Å². The number of ether oxygens (including phenoxy) is 1. The maximum absolute atomic E-state index is 11.2. The van der Waals surface area contributed by atoms with E-state index in [4.69, 9.17) is 10.5 Å². The molecule has 1 aromatic heterocycles. The molecule has 0 spiro atoms. The van der Waals surface area contributed by atoms with Crippen molar-refractivity contribution in [2.45, 2.75) is 32.0 Å². The average molecular weight is 330 g/mol. The third-order valence-electron chi connectivity index (χ3n) is 4.09. The van der Waals surface area contributed by atoms with Crippen LogP contribution in [0.4, 0.5) is 0 Å². The molecule has 1 aliphatic rings. The quantitative estimate of drug-likeness (QED) is 0.849. The minimum atomic E-state index is -0.383. The first-order valence-electron chi connectivity index (χ1n) is 7.96. The molecular weight excluding hydrogens is 308 g/mol. The summed E-state index contributed by atoms with van der Waals surface area (Å²) in [7, 11) is 0. The van der Waals surface area contributed by atoms with Crippen LogP contribution in [0.25, 0.3) is 0 Å². The molecule has 0 aliphatic carbocycles. The van der Waals surface area contributed by atoms with Crippen molar-refractivity contribution in [3.8, 4) is 0 Å². The Morgan fingerprint density at radius 3 is 2.70 bits per heavy atom. The van der Waals surface area contributed by atoms with Crippen LogP contribution >= 0.6 is 11.3 Å². The normalized spacial score (nSPS) is 17.7. The van der Waals surface area contributed by atoms with Gasteiger partial charge in [-0.25, -0.2) is 0 Å². The minimum absolute atomic E-state index is 0.333. The highest BCUT2D eigenvalue weighted by atomic mass is 32.1. The summed E-state index contributed by atoms with van der Waals surface area (Å²) >= 11 is 1.78. The molecule has 3 rings (SSSR count). The third kappa shape index (κ3) is 4.64. The van der Waals surface area contributed by atoms with Gasteiger partial charge in [-0.3, -0.25) is 9.69 Å². The Labute approximate surface area is 140 Å². The van der Waals surface area contributed by atoms with E-state index in [1.807, 2.05) is 12.1 Å². The molecule has 2 heterocycles. The largest absolute Gasteiger partial charge is 0.377 e. The Morgan fingerprint density at radius 2 is 2.09 bits per heavy atom. The van der Waals surface area contributed by atoms with Crippen LogP contribution in [0.2, 0.25) is 0 Å². The molecule has 122 valence electrons. The van der Waals surface area contributed by atoms with E-state index >= 15 is 0 Å². The summed E-state index contributed by atoms with van der Waals surface area (Å²) in [6.07, 6.45) is 2.63. The van der Waals surface area contributed by atoms with E-state index in [9.17, 15) is 4.79 Å². The Morgan fingerprint density at radius 1 is 1.26 bits per heavy atom. The molecule has 0 unspecified atom stereocenters. The molecular formula is C18H22N2O2S. The standard InChI is InChI=1S/C18H22N2O2S/c19-18(21)15-7-5-14(6-8-15)11-20(12-16-3-1-9-22-16)13-17-4-2-10-23-17/h2,4-8,10,16H,1,3,9,11-13H2,(H2,19,21)/t16-/m0/s1. The van der Waals surface area contributed by atoms with Gasteiger partial charge in [0.05, 0.1) is 6.10 Å². The van der Waals surface area contributed by atoms with Gasteiger partial charge < -0.3 is 10.5 Å². The van der Waals surface area contributed by atoms with Crippen LogP contribution in [0.1, 0.15) is 33.6 Å². The number of rotatable bonds is 7. The highest BCUT2D eigenvalue weighted by molar-refractivity contribution is 7.09. The first-order valence-corrected chi connectivity index (χ1v) is 8.84. The Hall–Kier alpha value is -1.69. The molecule has 4 nitrogen and oxygen atoms in total. The van der Waals surface area contributed by atoms with Gasteiger partial charge in [-0.05, 0) is 42.0 Å². The van der Waals surface area contributed by atoms with Gasteiger partial charge in [0.1, 0.15) is 0 Å². The van der Waals surface area contributed by atoms with Crippen LogP contribution in [-0.4, -0.2) is 30.1 Å². The monoisotopic (exact) mass is 330 g/mol. The van der Waals surface area contributed by atoms with E-state index in [1.165, 1.54) is 10.4 Å². The molecule has 0 radical (unpaired) electrons. The number of carbonyl (C=O) groups is 1. The first kappa shape index (κ1) is 16.2. The zero-order chi connectivity index (χ0) is 16.1. The number of carbonyl (C=O) groups excluding carboxylic acids is 1. The van der Waals surface area contributed by atoms with Gasteiger partial charge in [-0.15, -0.1) is 11.3 Å². The molecule has 1 atom stereocenters. The number of amides is 1. The van der Waals surface area contributed by atoms with E-state index in [0.29, 0.717) is 11.7 Å². The van der Waals surface area contributed by atoms with Crippen molar-refractivity contribution in [2.75, 3.05) is 13.2 Å². The fourth-order valence-electron chi connectivity index (χ4n) is 2.92. The molecule has 2 aromatic rings. The summed E-state index contributed by atoms with van der Waals surface area (Å²) in [5.41, 5.74) is 7.04. The lowest BCUT2D eigenvalue weighted by molar-refractivity contribution is 0.0682. The highest BCUT2D eigenvalue weighted by Crippen LogP contribution is 2.19. The Kier molecular flexibility index (Phi) is 5.43. The number of nitrogens with zero attached hydrogens (tertiary/aromatic N) is 1. The second kappa shape index (κ2) is 7.73. The van der Waals surface area contributed by atoms with E-state index in [-0.39, 0.29) is 5.91 Å². The lowest BCUT2D eigenvalue weighted by Gasteiger charge is -2.25. The van der Waals surface area contributed by atoms with E-state index in [0.717, 1.165) is 39.1 Å². The second-order valence-electron chi connectivity index (χ2n) is 5.95. The van der Waals surface area contributed by atoms with Crippen LogP contribution in [0.5, 0.6) is 0 Å². The molecule has 1 saturated heterocycles. The van der Waals surface area contributed by atoms with Crippen molar-refractivity contribution in [2.24, 2.45) is 5.73 Å². The number of benzene rings is 1. The van der Waals surface area contributed by atoms with Crippen LogP contribution in [0, 0.1) is 0 Å². The van der Waals surface area contributed by atoms with Crippen molar-refractivity contribution in [3.05, 3.63) is 57.8 Å². The Bertz CT molecular complexity index is 619. The summed E-state index contributed by atoms with van der Waals surface area (Å²) in [5, 5.41) is 2.11. The van der Waals surface area contributed by atoms with Gasteiger partial charge in [0.15, 0.2) is 0 Å². The molecule has 23 heavy (non-hydrogen) atoms. The van der Waals surface area contributed by atoms with Crippen LogP contribution in [-0.2, 0) is 17.8 Å². The van der Waals surface area contributed by atoms with Crippen molar-refractivity contribution in [1.29, 1.82) is 0 Å². The van der Waals surface area contributed by atoms with E-state index in [1.54, 1.807) is 23.5 Å². The number of hydrogen-bond acceptors (Lipinski definition) is 4. The molecule has 1 aromatic carbocycles. The number of hydrogen-bond donors (Lipinski definition) is 1. The van der Waals surface area contributed by atoms with Gasteiger partial charge in [0, 0.05) is 36.7 Å². The van der Waals surface area contributed by atoms with E-state index in [2.05, 4.69) is 22.4 Å². The number of primary amides is 1. The SMILES string of the molecule is NC(=O)c1ccc(CN(Cc2cccs2)C[C@@H]2CCCO2)cc1. The third-order valence-corrected chi connectivity index (χ3v) is 4.95. The molecule has 2 N–H and O–H groups in total. The lowest BCUT2D eigenvalue weighted by atomic mass is 10.1. The van der Waals surface area contributed by atoms with Gasteiger partial charge in [0.25, 0.3) is 0 Å². The van der Waals surface area contributed by atoms with Gasteiger partial charge in [-0.2, -0.15) is 0 Å². The van der Waals surface area contributed by atoms with Gasteiger partial charge in [0.2, 0.25) is 5.91 Å². The zero-order valence-electron chi connectivity index (χ0n) is 13.1. The summed E-state index contributed by atoms with van der Waals surface area (Å²) in [6, 6.07) is 11.8. The summed E-state index contributed by atoms with van der Waals surface area (Å²) in [4.78, 5) is 14.9. The maximum Gasteiger partial charge on any atom is 0.248 e. The zero-order valence-corrected chi connectivity index (χ0v) is 13.9. The van der Waals surface area contributed by atoms with Crippen molar-refractivity contribution < 1.29 is 9.53 Å². The molecule has 1 amide bonds. The first-order chi connectivity index (χ1) is 11.2. The molecule has 0 saturated carbocycles. The lowest BCUT2D eigenvalue weighted by Crippen LogP contribution is -2.31. The van der Waals surface area contributed by atoms with Crippen molar-refractivity contribution in [3.63, 3.8) is 0 Å². The second-order valence-corrected chi connectivity index (χ2v) is 6.98. The van der Waals surface area contributed by atoms with Crippen molar-refractivity contribution in [1.82, 2.24) is 4.90 Å². The predicted molar refractivity (Wildman–Crippen MR) is 92.4 cm³/mol. The molecule has 0 bridgehead atoms. The minimum Gasteiger partial charge on any atom is -0.377 e. The van der Waals surface area contributed by atoms with Crippen LogP contribution in [0.3, 0.4) is 0 Å². The number of nitrogens with two attached hydrogens (primary N) is 1. The molecule has 1 fully saturated rings. The van der Waals surface area contributed by atoms with E-state index < -0.39 is 0 Å². The fraction of sp³-hybridized carbons (Fsp3) is 0.389. The molecule has 1 aliphatic heterocycles. The summed E-state index contributed by atoms with van der Waals surface area (Å²) in [5.74, 6) is -0.383. The molecule has 5 heteroatoms. The van der Waals surface area contributed by atoms with Crippen LogP contribution < -0.4 is 5.73 Å². The maximum atomic E-state index is 11.2. The number of thiophene rings is 1. The summed E-state index contributed by atoms with van der Waals surface area (Å²) in [6.45, 7) is 3.59.